The van der Waals surface area contributed by atoms with Gasteiger partial charge in [-0.2, -0.15) is 0 Å². The van der Waals surface area contributed by atoms with Gasteiger partial charge < -0.3 is 9.64 Å². The second-order valence-electron chi connectivity index (χ2n) is 7.10. The van der Waals surface area contributed by atoms with Crippen LogP contribution in [0.5, 0.6) is 0 Å². The highest BCUT2D eigenvalue weighted by atomic mass is 16.5. The number of carbonyl (C=O) groups is 2. The van der Waals surface area contributed by atoms with E-state index in [0.717, 1.165) is 22.5 Å². The molecule has 4 rings (SSSR count). The number of esters is 1. The van der Waals surface area contributed by atoms with E-state index in [4.69, 9.17) is 4.74 Å². The van der Waals surface area contributed by atoms with Crippen LogP contribution in [0.3, 0.4) is 0 Å². The van der Waals surface area contributed by atoms with Gasteiger partial charge in [0.1, 0.15) is 0 Å². The number of rotatable bonds is 5. The average molecular weight is 385 g/mol. The van der Waals surface area contributed by atoms with Crippen molar-refractivity contribution in [1.29, 1.82) is 0 Å². The average Bonchev–Trinajstić information content (AvgIpc) is 3.03. The fourth-order valence-electron chi connectivity index (χ4n) is 4.32. The Morgan fingerprint density at radius 1 is 1.10 bits per heavy atom. The zero-order chi connectivity index (χ0) is 20.5. The van der Waals surface area contributed by atoms with E-state index in [1.165, 1.54) is 0 Å². The highest BCUT2D eigenvalue weighted by Crippen LogP contribution is 2.50. The molecule has 0 bridgehead atoms. The van der Waals surface area contributed by atoms with Gasteiger partial charge in [-0.3, -0.25) is 4.79 Å². The van der Waals surface area contributed by atoms with Crippen LogP contribution < -0.4 is 0 Å². The maximum atomic E-state index is 13.5. The van der Waals surface area contributed by atoms with Gasteiger partial charge in [0.05, 0.1) is 17.9 Å². The molecule has 0 spiro atoms. The van der Waals surface area contributed by atoms with E-state index in [0.29, 0.717) is 23.3 Å². The molecule has 1 unspecified atom stereocenters. The Morgan fingerprint density at radius 2 is 1.76 bits per heavy atom. The summed E-state index contributed by atoms with van der Waals surface area (Å²) in [5.74, 6) is -0.887. The summed E-state index contributed by atoms with van der Waals surface area (Å²) >= 11 is 0. The molecule has 4 heteroatoms. The topological polar surface area (TPSA) is 46.6 Å². The van der Waals surface area contributed by atoms with Crippen LogP contribution in [0.4, 0.5) is 0 Å². The van der Waals surface area contributed by atoms with Gasteiger partial charge in [0, 0.05) is 34.9 Å². The number of benzene rings is 2. The Hall–Kier alpha value is -3.40. The van der Waals surface area contributed by atoms with Crippen molar-refractivity contribution in [3.05, 3.63) is 101 Å². The Bertz CT molecular complexity index is 1060. The summed E-state index contributed by atoms with van der Waals surface area (Å²) in [5, 5.41) is 0. The summed E-state index contributed by atoms with van der Waals surface area (Å²) < 4.78 is 5.41. The maximum Gasteiger partial charge on any atom is 0.336 e. The van der Waals surface area contributed by atoms with Crippen molar-refractivity contribution in [2.75, 3.05) is 13.2 Å². The summed E-state index contributed by atoms with van der Waals surface area (Å²) in [5.41, 5.74) is 5.28. The van der Waals surface area contributed by atoms with Gasteiger partial charge in [-0.05, 0) is 19.4 Å². The lowest BCUT2D eigenvalue weighted by Crippen LogP contribution is -2.32. The molecule has 0 N–H and O–H groups in total. The van der Waals surface area contributed by atoms with E-state index in [1.807, 2.05) is 66.4 Å². The lowest BCUT2D eigenvalue weighted by atomic mass is 9.79. The molecular weight excluding hydrogens is 362 g/mol. The second-order valence-corrected chi connectivity index (χ2v) is 7.10. The molecule has 0 aromatic heterocycles. The number of allylic oxidation sites excluding steroid dienone is 2. The molecule has 2 aromatic carbocycles. The van der Waals surface area contributed by atoms with E-state index >= 15 is 0 Å². The molecule has 1 aliphatic carbocycles. The minimum atomic E-state index is -0.466. The molecule has 0 fully saturated rings. The molecule has 1 atom stereocenters. The van der Waals surface area contributed by atoms with Crippen LogP contribution in [0.25, 0.3) is 5.70 Å². The van der Waals surface area contributed by atoms with E-state index in [9.17, 15) is 9.59 Å². The first-order valence-electron chi connectivity index (χ1n) is 9.79. The second kappa shape index (κ2) is 7.55. The summed E-state index contributed by atoms with van der Waals surface area (Å²) in [6.07, 6.45) is 1.78. The summed E-state index contributed by atoms with van der Waals surface area (Å²) in [4.78, 5) is 28.6. The Labute approximate surface area is 170 Å². The van der Waals surface area contributed by atoms with Crippen molar-refractivity contribution >= 4 is 17.4 Å². The smallest absolute Gasteiger partial charge is 0.336 e. The number of hydrogen-bond acceptors (Lipinski definition) is 4. The van der Waals surface area contributed by atoms with E-state index in [-0.39, 0.29) is 18.4 Å². The van der Waals surface area contributed by atoms with Gasteiger partial charge >= 0.3 is 5.97 Å². The van der Waals surface area contributed by atoms with E-state index < -0.39 is 5.92 Å². The number of nitrogens with zero attached hydrogens (tertiary/aromatic N) is 1. The number of ether oxygens (including phenoxy) is 1. The molecule has 0 radical (unpaired) electrons. The van der Waals surface area contributed by atoms with Crippen molar-refractivity contribution in [2.45, 2.75) is 19.8 Å². The third kappa shape index (κ3) is 2.92. The molecule has 29 heavy (non-hydrogen) atoms. The molecule has 2 aromatic rings. The van der Waals surface area contributed by atoms with Crippen molar-refractivity contribution < 1.29 is 14.3 Å². The number of hydrogen-bond donors (Lipinski definition) is 0. The third-order valence-electron chi connectivity index (χ3n) is 5.51. The summed E-state index contributed by atoms with van der Waals surface area (Å²) in [7, 11) is 0. The fraction of sp³-hybridized carbons (Fsp3) is 0.200. The minimum Gasteiger partial charge on any atom is -0.463 e. The van der Waals surface area contributed by atoms with Crippen LogP contribution in [-0.4, -0.2) is 29.8 Å². The molecule has 146 valence electrons. The van der Waals surface area contributed by atoms with Crippen LogP contribution >= 0.6 is 0 Å². The molecule has 0 amide bonds. The van der Waals surface area contributed by atoms with Crippen molar-refractivity contribution in [1.82, 2.24) is 4.90 Å². The van der Waals surface area contributed by atoms with E-state index in [2.05, 4.69) is 6.58 Å². The van der Waals surface area contributed by atoms with Crippen molar-refractivity contribution in [2.24, 2.45) is 0 Å². The van der Waals surface area contributed by atoms with Crippen LogP contribution in [0, 0.1) is 0 Å². The fourth-order valence-corrected chi connectivity index (χ4v) is 4.32. The zero-order valence-corrected chi connectivity index (χ0v) is 16.6. The first-order valence-corrected chi connectivity index (χ1v) is 9.79. The summed E-state index contributed by atoms with van der Waals surface area (Å²) in [6.45, 7) is 8.35. The monoisotopic (exact) mass is 385 g/mol. The van der Waals surface area contributed by atoms with Crippen LogP contribution in [-0.2, 0) is 9.53 Å². The number of ketones is 1. The predicted molar refractivity (Wildman–Crippen MR) is 113 cm³/mol. The SMILES string of the molecule is C=CCN1C(C)=C(C(=O)OCC)C(c2ccccc2)C2=C1c1ccccc1C2=O. The van der Waals surface area contributed by atoms with Gasteiger partial charge in [0.2, 0.25) is 0 Å². The molecule has 0 saturated heterocycles. The lowest BCUT2D eigenvalue weighted by Gasteiger charge is -2.36. The maximum absolute atomic E-state index is 13.5. The molecule has 0 saturated carbocycles. The largest absolute Gasteiger partial charge is 0.463 e. The zero-order valence-electron chi connectivity index (χ0n) is 16.6. The Balaban J connectivity index is 2.01. The molecule has 1 aliphatic heterocycles. The molecular formula is C25H23NO3. The highest BCUT2D eigenvalue weighted by Gasteiger charge is 2.45. The van der Waals surface area contributed by atoms with Gasteiger partial charge in [0.25, 0.3) is 0 Å². The number of fused-ring (bicyclic) bond motifs is 2. The lowest BCUT2D eigenvalue weighted by molar-refractivity contribution is -0.138. The predicted octanol–water partition coefficient (Wildman–Crippen LogP) is 4.72. The Kier molecular flexibility index (Phi) is 4.93. The van der Waals surface area contributed by atoms with Crippen LogP contribution in [0.1, 0.15) is 41.3 Å². The van der Waals surface area contributed by atoms with Crippen LogP contribution in [0.15, 0.2) is 84.1 Å². The van der Waals surface area contributed by atoms with Gasteiger partial charge in [0.15, 0.2) is 5.78 Å². The van der Waals surface area contributed by atoms with Crippen LogP contribution in [0.2, 0.25) is 0 Å². The first kappa shape index (κ1) is 18.9. The normalized spacial score (nSPS) is 17.9. The third-order valence-corrected chi connectivity index (χ3v) is 5.51. The number of carbonyl (C=O) groups excluding carboxylic acids is 2. The van der Waals surface area contributed by atoms with Crippen molar-refractivity contribution in [3.8, 4) is 0 Å². The standard InChI is InChI=1S/C25H23NO3/c1-4-15-26-16(3)20(25(28)29-5-2)21(17-11-7-6-8-12-17)22-23(26)18-13-9-10-14-19(18)24(22)27/h4,6-14,21H,1,5,15H2,2-3H3. The van der Waals surface area contributed by atoms with Gasteiger partial charge in [-0.1, -0.05) is 60.7 Å². The summed E-state index contributed by atoms with van der Waals surface area (Å²) in [6, 6.07) is 17.3. The highest BCUT2D eigenvalue weighted by molar-refractivity contribution is 6.23. The molecule has 1 heterocycles. The molecule has 2 aliphatic rings. The van der Waals surface area contributed by atoms with E-state index in [1.54, 1.807) is 13.0 Å². The number of Topliss-reactive ketones (excluding diaryl/α,β-unsaturated/α-hetero) is 1. The van der Waals surface area contributed by atoms with Gasteiger partial charge in [-0.15, -0.1) is 6.58 Å². The first-order chi connectivity index (χ1) is 14.1. The minimum absolute atomic E-state index is 0.0344. The quantitative estimate of drug-likeness (QED) is 0.552. The van der Waals surface area contributed by atoms with Gasteiger partial charge in [-0.25, -0.2) is 4.79 Å². The molecule has 4 nitrogen and oxygen atoms in total. The Morgan fingerprint density at radius 3 is 2.41 bits per heavy atom. The van der Waals surface area contributed by atoms with Crippen molar-refractivity contribution in [3.63, 3.8) is 0 Å².